The number of oxazole rings is 1. The molecule has 0 fully saturated rings. The number of hydrogen-bond donors (Lipinski definition) is 0. The summed E-state index contributed by atoms with van der Waals surface area (Å²) in [4.78, 5) is 4.10. The zero-order chi connectivity index (χ0) is 9.19. The Hall–Kier alpha value is -0.790. The Balaban J connectivity index is 2.88. The van der Waals surface area contributed by atoms with Crippen molar-refractivity contribution in [2.45, 2.75) is 46.0 Å². The molecule has 0 N–H and O–H groups in total. The van der Waals surface area contributed by atoms with Crippen molar-refractivity contribution in [3.63, 3.8) is 0 Å². The first-order valence-corrected chi connectivity index (χ1v) is 4.48. The summed E-state index contributed by atoms with van der Waals surface area (Å²) in [5.41, 5.74) is 1.16. The first kappa shape index (κ1) is 9.30. The maximum absolute atomic E-state index is 5.37. The monoisotopic (exact) mass is 167 g/mol. The van der Waals surface area contributed by atoms with E-state index in [0.29, 0.717) is 0 Å². The molecule has 0 saturated carbocycles. The topological polar surface area (TPSA) is 26.0 Å². The van der Waals surface area contributed by atoms with Gasteiger partial charge in [-0.05, 0) is 13.3 Å². The fraction of sp³-hybridized carbons (Fsp3) is 0.700. The van der Waals surface area contributed by atoms with Gasteiger partial charge in [-0.3, -0.25) is 0 Å². The average Bonchev–Trinajstić information content (AvgIpc) is 2.35. The molecule has 2 heteroatoms. The largest absolute Gasteiger partial charge is 0.448 e. The molecule has 0 aromatic carbocycles. The van der Waals surface area contributed by atoms with Crippen molar-refractivity contribution in [2.75, 3.05) is 0 Å². The van der Waals surface area contributed by atoms with E-state index in [0.717, 1.165) is 17.9 Å². The molecular weight excluding hydrogens is 150 g/mol. The Morgan fingerprint density at radius 1 is 1.50 bits per heavy atom. The van der Waals surface area contributed by atoms with Gasteiger partial charge in [-0.25, -0.2) is 4.98 Å². The Bertz CT molecular complexity index is 250. The molecule has 12 heavy (non-hydrogen) atoms. The van der Waals surface area contributed by atoms with Crippen LogP contribution in [0.1, 0.15) is 45.1 Å². The molecule has 0 atom stereocenters. The van der Waals surface area contributed by atoms with E-state index in [2.05, 4.69) is 25.8 Å². The van der Waals surface area contributed by atoms with Gasteiger partial charge in [0.1, 0.15) is 5.76 Å². The molecule has 1 heterocycles. The quantitative estimate of drug-likeness (QED) is 0.691. The van der Waals surface area contributed by atoms with Crippen molar-refractivity contribution in [3.05, 3.63) is 17.8 Å². The lowest BCUT2D eigenvalue weighted by Crippen LogP contribution is -2.16. The summed E-state index contributed by atoms with van der Waals surface area (Å²) in [6.07, 6.45) is 3.85. The van der Waals surface area contributed by atoms with Crippen LogP contribution in [0.25, 0.3) is 0 Å². The molecule has 2 nitrogen and oxygen atoms in total. The summed E-state index contributed by atoms with van der Waals surface area (Å²) in [7, 11) is 0. The van der Waals surface area contributed by atoms with Crippen molar-refractivity contribution in [1.82, 2.24) is 4.98 Å². The van der Waals surface area contributed by atoms with E-state index in [1.807, 2.05) is 6.92 Å². The van der Waals surface area contributed by atoms with Crippen LogP contribution < -0.4 is 0 Å². The van der Waals surface area contributed by atoms with Gasteiger partial charge in [0.2, 0.25) is 0 Å². The van der Waals surface area contributed by atoms with Gasteiger partial charge in [-0.1, -0.05) is 27.2 Å². The molecule has 0 aliphatic heterocycles. The lowest BCUT2D eigenvalue weighted by atomic mass is 9.84. The van der Waals surface area contributed by atoms with Crippen molar-refractivity contribution >= 4 is 0 Å². The van der Waals surface area contributed by atoms with Crippen molar-refractivity contribution in [3.8, 4) is 0 Å². The van der Waals surface area contributed by atoms with E-state index in [1.54, 1.807) is 0 Å². The molecule has 0 bridgehead atoms. The Labute approximate surface area is 74.0 Å². The van der Waals surface area contributed by atoms with Crippen molar-refractivity contribution in [2.24, 2.45) is 0 Å². The van der Waals surface area contributed by atoms with Crippen molar-refractivity contribution in [1.29, 1.82) is 0 Å². The highest BCUT2D eigenvalue weighted by atomic mass is 16.3. The van der Waals surface area contributed by atoms with Gasteiger partial charge in [0.25, 0.3) is 0 Å². The third-order valence-corrected chi connectivity index (χ3v) is 2.24. The summed E-state index contributed by atoms with van der Waals surface area (Å²) in [6.45, 7) is 8.58. The number of rotatable bonds is 3. The molecule has 0 saturated heterocycles. The fourth-order valence-corrected chi connectivity index (χ4v) is 1.69. The summed E-state index contributed by atoms with van der Waals surface area (Å²) < 4.78 is 5.37. The first-order chi connectivity index (χ1) is 5.58. The van der Waals surface area contributed by atoms with Gasteiger partial charge in [0, 0.05) is 5.41 Å². The van der Waals surface area contributed by atoms with E-state index in [-0.39, 0.29) is 5.41 Å². The van der Waals surface area contributed by atoms with Crippen LogP contribution in [-0.2, 0) is 5.41 Å². The van der Waals surface area contributed by atoms with Gasteiger partial charge >= 0.3 is 0 Å². The number of aryl methyl sites for hydroxylation is 1. The van der Waals surface area contributed by atoms with E-state index >= 15 is 0 Å². The van der Waals surface area contributed by atoms with Crippen LogP contribution >= 0.6 is 0 Å². The van der Waals surface area contributed by atoms with Crippen LogP contribution in [0.2, 0.25) is 0 Å². The Morgan fingerprint density at radius 2 is 2.17 bits per heavy atom. The average molecular weight is 167 g/mol. The molecule has 1 rings (SSSR count). The van der Waals surface area contributed by atoms with Gasteiger partial charge < -0.3 is 4.42 Å². The van der Waals surface area contributed by atoms with E-state index in [9.17, 15) is 0 Å². The maximum atomic E-state index is 5.37. The molecule has 0 amide bonds. The summed E-state index contributed by atoms with van der Waals surface area (Å²) in [6, 6.07) is 0. The van der Waals surface area contributed by atoms with E-state index < -0.39 is 0 Å². The van der Waals surface area contributed by atoms with Crippen LogP contribution in [0.3, 0.4) is 0 Å². The highest BCUT2D eigenvalue weighted by Crippen LogP contribution is 2.29. The van der Waals surface area contributed by atoms with Gasteiger partial charge in [-0.15, -0.1) is 0 Å². The third kappa shape index (κ3) is 1.68. The SMILES string of the molecule is CCCC(C)(C)c1ocnc1C. The predicted octanol–water partition coefficient (Wildman–Crippen LogP) is 3.06. The molecule has 1 aromatic heterocycles. The number of aromatic nitrogens is 1. The lowest BCUT2D eigenvalue weighted by Gasteiger charge is -2.21. The first-order valence-electron chi connectivity index (χ1n) is 4.48. The van der Waals surface area contributed by atoms with E-state index in [4.69, 9.17) is 4.42 Å². The third-order valence-electron chi connectivity index (χ3n) is 2.24. The van der Waals surface area contributed by atoms with Crippen LogP contribution in [0.4, 0.5) is 0 Å². The minimum absolute atomic E-state index is 0.134. The zero-order valence-electron chi connectivity index (χ0n) is 8.35. The normalized spacial score (nSPS) is 12.0. The number of nitrogens with zero attached hydrogens (tertiary/aromatic N) is 1. The molecular formula is C10H17NO. The molecule has 0 aliphatic carbocycles. The second kappa shape index (κ2) is 3.30. The van der Waals surface area contributed by atoms with Crippen LogP contribution in [0.5, 0.6) is 0 Å². The predicted molar refractivity (Wildman–Crippen MR) is 49.2 cm³/mol. The lowest BCUT2D eigenvalue weighted by molar-refractivity contribution is 0.358. The maximum Gasteiger partial charge on any atom is 0.181 e. The summed E-state index contributed by atoms with van der Waals surface area (Å²) >= 11 is 0. The molecule has 0 unspecified atom stereocenters. The second-order valence-electron chi connectivity index (χ2n) is 3.90. The zero-order valence-corrected chi connectivity index (χ0v) is 8.35. The molecule has 0 aliphatic rings. The van der Waals surface area contributed by atoms with Crippen LogP contribution in [-0.4, -0.2) is 4.98 Å². The van der Waals surface area contributed by atoms with Crippen LogP contribution in [0, 0.1) is 6.92 Å². The molecule has 0 spiro atoms. The second-order valence-corrected chi connectivity index (χ2v) is 3.90. The van der Waals surface area contributed by atoms with Crippen molar-refractivity contribution < 1.29 is 4.42 Å². The molecule has 68 valence electrons. The molecule has 0 radical (unpaired) electrons. The van der Waals surface area contributed by atoms with Gasteiger partial charge in [0.15, 0.2) is 6.39 Å². The summed E-state index contributed by atoms with van der Waals surface area (Å²) in [5, 5.41) is 0. The van der Waals surface area contributed by atoms with E-state index in [1.165, 1.54) is 12.8 Å². The standard InChI is InChI=1S/C10H17NO/c1-5-6-10(3,4)9-8(2)11-7-12-9/h7H,5-6H2,1-4H3. The Kier molecular flexibility index (Phi) is 2.55. The Morgan fingerprint density at radius 3 is 2.58 bits per heavy atom. The minimum atomic E-state index is 0.134. The highest BCUT2D eigenvalue weighted by molar-refractivity contribution is 5.15. The fourth-order valence-electron chi connectivity index (χ4n) is 1.69. The smallest absolute Gasteiger partial charge is 0.181 e. The number of hydrogen-bond acceptors (Lipinski definition) is 2. The molecule has 1 aromatic rings. The van der Waals surface area contributed by atoms with Crippen LogP contribution in [0.15, 0.2) is 10.8 Å². The minimum Gasteiger partial charge on any atom is -0.448 e. The van der Waals surface area contributed by atoms with Gasteiger partial charge in [0.05, 0.1) is 5.69 Å². The summed E-state index contributed by atoms with van der Waals surface area (Å²) in [5.74, 6) is 1.03. The van der Waals surface area contributed by atoms with Gasteiger partial charge in [-0.2, -0.15) is 0 Å². The highest BCUT2D eigenvalue weighted by Gasteiger charge is 2.25.